The highest BCUT2D eigenvalue weighted by Gasteiger charge is 2.25. The van der Waals surface area contributed by atoms with Gasteiger partial charge in [0.15, 0.2) is 0 Å². The van der Waals surface area contributed by atoms with E-state index in [9.17, 15) is 8.42 Å². The summed E-state index contributed by atoms with van der Waals surface area (Å²) < 4.78 is 31.4. The fraction of sp³-hybridized carbons (Fsp3) is 0.429. The Morgan fingerprint density at radius 1 is 1.33 bits per heavy atom. The first-order valence-electron chi connectivity index (χ1n) is 6.45. The molecule has 0 saturated carbocycles. The Hall–Kier alpha value is -1.43. The normalized spacial score (nSPS) is 11.2. The number of nitrogens with zero attached hydrogens (tertiary/aromatic N) is 1. The van der Waals surface area contributed by atoms with Gasteiger partial charge in [0.05, 0.1) is 24.7 Å². The van der Waals surface area contributed by atoms with Gasteiger partial charge in [0.25, 0.3) is 0 Å². The van der Waals surface area contributed by atoms with E-state index in [2.05, 4.69) is 11.8 Å². The summed E-state index contributed by atoms with van der Waals surface area (Å²) in [6, 6.07) is 6.47. The lowest BCUT2D eigenvalue weighted by molar-refractivity contribution is 0.168. The van der Waals surface area contributed by atoms with Gasteiger partial charge in [0.2, 0.25) is 10.0 Å². The second-order valence-corrected chi connectivity index (χ2v) is 6.03. The largest absolute Gasteiger partial charge is 0.395 e. The van der Waals surface area contributed by atoms with Gasteiger partial charge in [-0.3, -0.25) is 0 Å². The van der Waals surface area contributed by atoms with E-state index in [1.54, 1.807) is 18.2 Å². The first-order chi connectivity index (χ1) is 10.1. The Morgan fingerprint density at radius 2 is 2.05 bits per heavy atom. The minimum Gasteiger partial charge on any atom is -0.395 e. The summed E-state index contributed by atoms with van der Waals surface area (Å²) in [4.78, 5) is 0.107. The molecule has 1 aromatic rings. The van der Waals surface area contributed by atoms with Gasteiger partial charge in [-0.15, -0.1) is 0 Å². The monoisotopic (exact) mass is 312 g/mol. The average Bonchev–Trinajstić information content (AvgIpc) is 2.49. The van der Waals surface area contributed by atoms with Crippen molar-refractivity contribution in [3.63, 3.8) is 0 Å². The maximum atomic E-state index is 12.7. The number of nitrogens with two attached hydrogens (primary N) is 1. The zero-order chi connectivity index (χ0) is 15.7. The molecule has 1 rings (SSSR count). The summed E-state index contributed by atoms with van der Waals surface area (Å²) >= 11 is 0. The highest BCUT2D eigenvalue weighted by atomic mass is 32.2. The van der Waals surface area contributed by atoms with Crippen LogP contribution >= 0.6 is 0 Å². The van der Waals surface area contributed by atoms with Gasteiger partial charge in [0, 0.05) is 25.8 Å². The van der Waals surface area contributed by atoms with Crippen LogP contribution < -0.4 is 5.73 Å². The molecule has 7 heteroatoms. The second kappa shape index (κ2) is 8.77. The third kappa shape index (κ3) is 4.81. The standard InChI is InChI=1S/C14H20N2O4S/c1-20-12-10-16(9-11-17)21(18,19)14-7-3-2-5-13(14)6-4-8-15/h2-3,5,7,17H,8-12,15H2,1H3. The van der Waals surface area contributed by atoms with Gasteiger partial charge in [-0.2, -0.15) is 4.31 Å². The molecule has 116 valence electrons. The third-order valence-electron chi connectivity index (χ3n) is 2.72. The van der Waals surface area contributed by atoms with Crippen LogP contribution in [0.15, 0.2) is 29.2 Å². The Kier molecular flexibility index (Phi) is 7.36. The van der Waals surface area contributed by atoms with E-state index in [4.69, 9.17) is 15.6 Å². The third-order valence-corrected chi connectivity index (χ3v) is 4.68. The molecular weight excluding hydrogens is 292 g/mol. The van der Waals surface area contributed by atoms with Crippen LogP contribution in [-0.2, 0) is 14.8 Å². The molecule has 0 radical (unpaired) electrons. The van der Waals surface area contributed by atoms with Crippen LogP contribution in [0.3, 0.4) is 0 Å². The lowest BCUT2D eigenvalue weighted by Crippen LogP contribution is -2.36. The summed E-state index contributed by atoms with van der Waals surface area (Å²) in [5, 5.41) is 9.07. The Bertz CT molecular complexity index is 605. The molecule has 0 aliphatic carbocycles. The lowest BCUT2D eigenvalue weighted by atomic mass is 10.2. The fourth-order valence-corrected chi connectivity index (χ4v) is 3.30. The zero-order valence-corrected chi connectivity index (χ0v) is 12.8. The smallest absolute Gasteiger partial charge is 0.244 e. The average molecular weight is 312 g/mol. The molecule has 0 atom stereocenters. The minimum atomic E-state index is -3.75. The van der Waals surface area contributed by atoms with Crippen LogP contribution in [0.25, 0.3) is 0 Å². The summed E-state index contributed by atoms with van der Waals surface area (Å²) in [5.41, 5.74) is 5.72. The number of sulfonamides is 1. The predicted octanol–water partition coefficient (Wildman–Crippen LogP) is -0.374. The molecular formula is C14H20N2O4S. The number of methoxy groups -OCH3 is 1. The van der Waals surface area contributed by atoms with Crippen LogP contribution in [0.2, 0.25) is 0 Å². The van der Waals surface area contributed by atoms with E-state index in [0.29, 0.717) is 5.56 Å². The van der Waals surface area contributed by atoms with E-state index < -0.39 is 10.0 Å². The van der Waals surface area contributed by atoms with Crippen molar-refractivity contribution in [2.75, 3.05) is 40.0 Å². The second-order valence-electron chi connectivity index (χ2n) is 4.12. The first-order valence-corrected chi connectivity index (χ1v) is 7.89. The predicted molar refractivity (Wildman–Crippen MR) is 80.1 cm³/mol. The van der Waals surface area contributed by atoms with Crippen LogP contribution in [0.5, 0.6) is 0 Å². The zero-order valence-electron chi connectivity index (χ0n) is 11.9. The number of hydrogen-bond donors (Lipinski definition) is 2. The summed E-state index contributed by atoms with van der Waals surface area (Å²) in [7, 11) is -2.26. The maximum Gasteiger partial charge on any atom is 0.244 e. The molecule has 0 aromatic heterocycles. The van der Waals surface area contributed by atoms with Crippen molar-refractivity contribution < 1.29 is 18.3 Å². The van der Waals surface area contributed by atoms with Crippen molar-refractivity contribution in [1.29, 1.82) is 0 Å². The van der Waals surface area contributed by atoms with Crippen LogP contribution in [0.1, 0.15) is 5.56 Å². The summed E-state index contributed by atoms with van der Waals surface area (Å²) in [5.74, 6) is 5.41. The fourth-order valence-electron chi connectivity index (χ4n) is 1.74. The number of hydrogen-bond acceptors (Lipinski definition) is 5. The van der Waals surface area contributed by atoms with Crippen molar-refractivity contribution in [3.8, 4) is 11.8 Å². The topological polar surface area (TPSA) is 92.9 Å². The summed E-state index contributed by atoms with van der Waals surface area (Å²) in [6.07, 6.45) is 0. The summed E-state index contributed by atoms with van der Waals surface area (Å²) in [6.45, 7) is 0.302. The highest BCUT2D eigenvalue weighted by Crippen LogP contribution is 2.19. The van der Waals surface area contributed by atoms with Crippen molar-refractivity contribution in [1.82, 2.24) is 4.31 Å². The van der Waals surface area contributed by atoms with E-state index in [0.717, 1.165) is 0 Å². The van der Waals surface area contributed by atoms with E-state index in [1.807, 2.05) is 0 Å². The van der Waals surface area contributed by atoms with Crippen LogP contribution in [-0.4, -0.2) is 57.8 Å². The van der Waals surface area contributed by atoms with E-state index in [-0.39, 0.29) is 37.7 Å². The van der Waals surface area contributed by atoms with Crippen LogP contribution in [0, 0.1) is 11.8 Å². The van der Waals surface area contributed by atoms with Gasteiger partial charge >= 0.3 is 0 Å². The number of rotatable bonds is 7. The Balaban J connectivity index is 3.21. The molecule has 0 bridgehead atoms. The van der Waals surface area contributed by atoms with Gasteiger partial charge in [-0.25, -0.2) is 8.42 Å². The minimum absolute atomic E-state index is 0.00431. The number of ether oxygens (including phenoxy) is 1. The Morgan fingerprint density at radius 3 is 2.67 bits per heavy atom. The van der Waals surface area contributed by atoms with Crippen molar-refractivity contribution in [3.05, 3.63) is 29.8 Å². The molecule has 1 aromatic carbocycles. The molecule has 3 N–H and O–H groups in total. The van der Waals surface area contributed by atoms with E-state index >= 15 is 0 Å². The van der Waals surface area contributed by atoms with Crippen LogP contribution in [0.4, 0.5) is 0 Å². The molecule has 0 amide bonds. The molecule has 0 unspecified atom stereocenters. The quantitative estimate of drug-likeness (QED) is 0.670. The van der Waals surface area contributed by atoms with Crippen molar-refractivity contribution in [2.24, 2.45) is 5.73 Å². The molecule has 0 spiro atoms. The van der Waals surface area contributed by atoms with E-state index in [1.165, 1.54) is 17.5 Å². The maximum absolute atomic E-state index is 12.7. The molecule has 0 heterocycles. The lowest BCUT2D eigenvalue weighted by Gasteiger charge is -2.21. The number of aliphatic hydroxyl groups excluding tert-OH is 1. The molecule has 6 nitrogen and oxygen atoms in total. The van der Waals surface area contributed by atoms with Gasteiger partial charge in [0.1, 0.15) is 0 Å². The number of benzene rings is 1. The molecule has 0 aliphatic rings. The molecule has 0 aliphatic heterocycles. The van der Waals surface area contributed by atoms with Gasteiger partial charge in [-0.05, 0) is 12.1 Å². The van der Waals surface area contributed by atoms with Gasteiger partial charge in [-0.1, -0.05) is 24.0 Å². The molecule has 0 fully saturated rings. The van der Waals surface area contributed by atoms with Crippen molar-refractivity contribution in [2.45, 2.75) is 4.90 Å². The first kappa shape index (κ1) is 17.6. The highest BCUT2D eigenvalue weighted by molar-refractivity contribution is 7.89. The van der Waals surface area contributed by atoms with Crippen molar-refractivity contribution >= 4 is 10.0 Å². The molecule has 0 saturated heterocycles. The Labute approximate surface area is 125 Å². The SMILES string of the molecule is COCCN(CCO)S(=O)(=O)c1ccccc1C#CCN. The van der Waals surface area contributed by atoms with Gasteiger partial charge < -0.3 is 15.6 Å². The molecule has 21 heavy (non-hydrogen) atoms. The number of aliphatic hydroxyl groups is 1.